The van der Waals surface area contributed by atoms with Crippen LogP contribution in [0.4, 0.5) is 0 Å². The molecule has 0 spiro atoms. The number of hydrogen-bond donors (Lipinski definition) is 2. The first-order valence-corrected chi connectivity index (χ1v) is 10.6. The van der Waals surface area contributed by atoms with E-state index >= 15 is 0 Å². The van der Waals surface area contributed by atoms with E-state index < -0.39 is 0 Å². The summed E-state index contributed by atoms with van der Waals surface area (Å²) >= 11 is 6.09. The van der Waals surface area contributed by atoms with Crippen LogP contribution in [0.3, 0.4) is 0 Å². The summed E-state index contributed by atoms with van der Waals surface area (Å²) in [6.07, 6.45) is 0. The van der Waals surface area contributed by atoms with E-state index in [0.29, 0.717) is 23.4 Å². The van der Waals surface area contributed by atoms with Gasteiger partial charge in [0, 0.05) is 31.7 Å². The number of halogens is 1. The Morgan fingerprint density at radius 3 is 2.55 bits per heavy atom. The third-order valence-corrected chi connectivity index (χ3v) is 5.51. The van der Waals surface area contributed by atoms with Crippen molar-refractivity contribution in [1.82, 2.24) is 15.4 Å². The minimum absolute atomic E-state index is 0.0251. The van der Waals surface area contributed by atoms with Crippen molar-refractivity contribution in [1.29, 1.82) is 0 Å². The fourth-order valence-corrected chi connectivity index (χ4v) is 3.78. The van der Waals surface area contributed by atoms with Crippen LogP contribution in [0.2, 0.25) is 5.02 Å². The summed E-state index contributed by atoms with van der Waals surface area (Å²) in [5.74, 6) is 0.0850. The first-order chi connectivity index (χ1) is 15.1. The quantitative estimate of drug-likeness (QED) is 0.602. The molecule has 1 saturated heterocycles. The summed E-state index contributed by atoms with van der Waals surface area (Å²) in [5, 5.41) is 16.8. The largest absolute Gasteiger partial charge is 0.506 e. The van der Waals surface area contributed by atoms with Gasteiger partial charge in [-0.3, -0.25) is 9.69 Å². The van der Waals surface area contributed by atoms with Crippen LogP contribution in [0, 0.1) is 0 Å². The summed E-state index contributed by atoms with van der Waals surface area (Å²) < 4.78 is 11.0. The number of aromatic nitrogens is 1. The van der Waals surface area contributed by atoms with Crippen LogP contribution >= 0.6 is 11.6 Å². The number of ether oxygens (including phenoxy) is 1. The lowest BCUT2D eigenvalue weighted by Crippen LogP contribution is -2.35. The van der Waals surface area contributed by atoms with Crippen molar-refractivity contribution in [2.24, 2.45) is 0 Å². The number of amides is 1. The maximum atomic E-state index is 12.6. The molecule has 1 aromatic heterocycles. The highest BCUT2D eigenvalue weighted by Gasteiger charge is 2.24. The molecule has 4 rings (SSSR count). The fourth-order valence-electron chi connectivity index (χ4n) is 3.60. The summed E-state index contributed by atoms with van der Waals surface area (Å²) in [6.45, 7) is 6.51. The van der Waals surface area contributed by atoms with E-state index in [2.05, 4.69) is 15.4 Å². The minimum atomic E-state index is -0.310. The molecule has 0 bridgehead atoms. The van der Waals surface area contributed by atoms with Gasteiger partial charge in [-0.15, -0.1) is 0 Å². The number of phenolic OH excluding ortho intramolecular Hbond substituents is 1. The monoisotopic (exact) mass is 441 g/mol. The van der Waals surface area contributed by atoms with Crippen molar-refractivity contribution in [3.63, 3.8) is 0 Å². The van der Waals surface area contributed by atoms with Crippen molar-refractivity contribution in [3.05, 3.63) is 58.7 Å². The minimum Gasteiger partial charge on any atom is -0.506 e. The second-order valence-electron chi connectivity index (χ2n) is 7.35. The third-order valence-electron chi connectivity index (χ3n) is 5.21. The molecule has 162 valence electrons. The molecular weight excluding hydrogens is 418 g/mol. The average Bonchev–Trinajstić information content (AvgIpc) is 3.22. The number of morpholine rings is 1. The lowest BCUT2D eigenvalue weighted by molar-refractivity contribution is 0.0342. The Labute approximate surface area is 185 Å². The van der Waals surface area contributed by atoms with Gasteiger partial charge < -0.3 is 19.7 Å². The number of aromatic hydroxyl groups is 1. The summed E-state index contributed by atoms with van der Waals surface area (Å²) in [5.41, 5.74) is 3.41. The summed E-state index contributed by atoms with van der Waals surface area (Å²) in [4.78, 5) is 15.0. The van der Waals surface area contributed by atoms with Crippen molar-refractivity contribution in [2.45, 2.75) is 13.5 Å². The molecule has 0 saturated carbocycles. The molecule has 1 aliphatic heterocycles. The van der Waals surface area contributed by atoms with E-state index in [1.165, 1.54) is 11.6 Å². The molecule has 0 radical (unpaired) electrons. The van der Waals surface area contributed by atoms with Gasteiger partial charge in [-0.2, -0.15) is 0 Å². The van der Waals surface area contributed by atoms with E-state index in [-0.39, 0.29) is 22.4 Å². The Morgan fingerprint density at radius 1 is 1.16 bits per heavy atom. The second-order valence-corrected chi connectivity index (χ2v) is 7.75. The highest BCUT2D eigenvalue weighted by molar-refractivity contribution is 6.32. The van der Waals surface area contributed by atoms with Crippen LogP contribution in [-0.4, -0.2) is 53.9 Å². The highest BCUT2D eigenvalue weighted by Crippen LogP contribution is 2.38. The van der Waals surface area contributed by atoms with Crippen molar-refractivity contribution in [2.75, 3.05) is 32.8 Å². The second kappa shape index (κ2) is 9.51. The van der Waals surface area contributed by atoms with Gasteiger partial charge in [-0.05, 0) is 36.2 Å². The number of carbonyl (C=O) groups is 1. The van der Waals surface area contributed by atoms with Crippen LogP contribution in [0.5, 0.6) is 5.75 Å². The molecule has 2 aromatic carbocycles. The normalized spacial score (nSPS) is 14.5. The van der Waals surface area contributed by atoms with Crippen LogP contribution in [0.15, 0.2) is 47.0 Å². The molecule has 0 atom stereocenters. The Hall–Kier alpha value is -2.87. The van der Waals surface area contributed by atoms with Gasteiger partial charge in [-0.1, -0.05) is 41.0 Å². The molecule has 1 amide bonds. The zero-order valence-corrected chi connectivity index (χ0v) is 18.0. The number of benzene rings is 2. The number of rotatable bonds is 6. The molecule has 2 heterocycles. The predicted octanol–water partition coefficient (Wildman–Crippen LogP) is 3.95. The van der Waals surface area contributed by atoms with E-state index in [0.717, 1.165) is 38.4 Å². The van der Waals surface area contributed by atoms with Gasteiger partial charge in [0.15, 0.2) is 11.5 Å². The number of hydrogen-bond acceptors (Lipinski definition) is 6. The maximum Gasteiger partial charge on any atom is 0.274 e. The van der Waals surface area contributed by atoms with E-state index in [1.807, 2.05) is 31.2 Å². The third kappa shape index (κ3) is 4.74. The van der Waals surface area contributed by atoms with Crippen molar-refractivity contribution in [3.8, 4) is 28.2 Å². The topological polar surface area (TPSA) is 87.8 Å². The SMILES string of the molecule is CCNC(=O)c1noc(-c2ccc(O)c(Cl)c2)c1-c1ccc(CN2CCOCC2)cc1. The van der Waals surface area contributed by atoms with Gasteiger partial charge in [0.25, 0.3) is 5.91 Å². The highest BCUT2D eigenvalue weighted by atomic mass is 35.5. The maximum absolute atomic E-state index is 12.6. The first kappa shape index (κ1) is 21.4. The van der Waals surface area contributed by atoms with Crippen LogP contribution in [0.1, 0.15) is 23.0 Å². The van der Waals surface area contributed by atoms with E-state index in [9.17, 15) is 9.90 Å². The molecule has 1 aliphatic rings. The molecule has 1 fully saturated rings. The number of nitrogens with zero attached hydrogens (tertiary/aromatic N) is 2. The van der Waals surface area contributed by atoms with Gasteiger partial charge in [0.1, 0.15) is 5.75 Å². The number of carbonyl (C=O) groups excluding carboxylic acids is 1. The van der Waals surface area contributed by atoms with Gasteiger partial charge in [-0.25, -0.2) is 0 Å². The zero-order chi connectivity index (χ0) is 21.8. The standard InChI is InChI=1S/C23H24ClN3O4/c1-2-25-23(29)21-20(22(31-26-21)17-7-8-19(28)18(24)13-17)16-5-3-15(4-6-16)14-27-9-11-30-12-10-27/h3-8,13,28H,2,9-12,14H2,1H3,(H,25,29). The van der Waals surface area contributed by atoms with Gasteiger partial charge >= 0.3 is 0 Å². The zero-order valence-electron chi connectivity index (χ0n) is 17.2. The lowest BCUT2D eigenvalue weighted by atomic mass is 9.98. The molecular formula is C23H24ClN3O4. The Bertz CT molecular complexity index is 1060. The fraction of sp³-hybridized carbons (Fsp3) is 0.304. The molecule has 3 aromatic rings. The molecule has 0 aliphatic carbocycles. The number of nitrogens with one attached hydrogen (secondary N) is 1. The molecule has 0 unspecified atom stereocenters. The van der Waals surface area contributed by atoms with Crippen molar-refractivity contribution >= 4 is 17.5 Å². The van der Waals surface area contributed by atoms with Crippen LogP contribution in [0.25, 0.3) is 22.5 Å². The summed E-state index contributed by atoms with van der Waals surface area (Å²) in [7, 11) is 0. The smallest absolute Gasteiger partial charge is 0.274 e. The van der Waals surface area contributed by atoms with Crippen LogP contribution in [-0.2, 0) is 11.3 Å². The van der Waals surface area contributed by atoms with E-state index in [1.54, 1.807) is 12.1 Å². The average molecular weight is 442 g/mol. The number of phenols is 1. The first-order valence-electron chi connectivity index (χ1n) is 10.2. The summed E-state index contributed by atoms with van der Waals surface area (Å²) in [6, 6.07) is 12.8. The molecule has 31 heavy (non-hydrogen) atoms. The van der Waals surface area contributed by atoms with Crippen LogP contribution < -0.4 is 5.32 Å². The van der Waals surface area contributed by atoms with E-state index in [4.69, 9.17) is 20.9 Å². The Balaban J connectivity index is 1.70. The van der Waals surface area contributed by atoms with Gasteiger partial charge in [0.2, 0.25) is 0 Å². The molecule has 2 N–H and O–H groups in total. The van der Waals surface area contributed by atoms with Crippen molar-refractivity contribution < 1.29 is 19.2 Å². The predicted molar refractivity (Wildman–Crippen MR) is 118 cm³/mol. The Kier molecular flexibility index (Phi) is 6.56. The molecule has 7 nitrogen and oxygen atoms in total. The Morgan fingerprint density at radius 2 is 1.87 bits per heavy atom. The molecule has 8 heteroatoms. The lowest BCUT2D eigenvalue weighted by Gasteiger charge is -2.26. The van der Waals surface area contributed by atoms with Gasteiger partial charge in [0.05, 0.1) is 23.8 Å².